The Kier molecular flexibility index (Phi) is 3.99. The van der Waals surface area contributed by atoms with E-state index < -0.39 is 11.7 Å². The minimum absolute atomic E-state index is 0.108. The highest BCUT2D eigenvalue weighted by atomic mass is 79.9. The van der Waals surface area contributed by atoms with Gasteiger partial charge in [0.15, 0.2) is 0 Å². The monoisotopic (exact) mass is 332 g/mol. The lowest BCUT2D eigenvalue weighted by Gasteiger charge is -2.15. The second-order valence-corrected chi connectivity index (χ2v) is 5.04. The molecule has 0 radical (unpaired) electrons. The third-order valence-electron chi connectivity index (χ3n) is 2.71. The van der Waals surface area contributed by atoms with Crippen LogP contribution < -0.4 is 0 Å². The van der Waals surface area contributed by atoms with Crippen LogP contribution in [0.5, 0.6) is 0 Å². The number of imidazole rings is 1. The molecule has 0 saturated heterocycles. The van der Waals surface area contributed by atoms with Crippen molar-refractivity contribution in [1.29, 1.82) is 0 Å². The van der Waals surface area contributed by atoms with Crippen molar-refractivity contribution >= 4 is 15.9 Å². The molecule has 2 rings (SSSR count). The van der Waals surface area contributed by atoms with E-state index >= 15 is 0 Å². The largest absolute Gasteiger partial charge is 0.418 e. The summed E-state index contributed by atoms with van der Waals surface area (Å²) in [4.78, 5) is 4.11. The van der Waals surface area contributed by atoms with Crippen LogP contribution in [-0.2, 0) is 12.6 Å². The summed E-state index contributed by atoms with van der Waals surface area (Å²) in [5.74, 6) is 0.635. The minimum Gasteiger partial charge on any atom is -0.303 e. The Hall–Kier alpha value is -1.30. The predicted molar refractivity (Wildman–Crippen MR) is 70.3 cm³/mol. The van der Waals surface area contributed by atoms with Gasteiger partial charge in [0.2, 0.25) is 0 Å². The molecule has 6 heteroatoms. The van der Waals surface area contributed by atoms with Crippen molar-refractivity contribution in [3.8, 4) is 5.69 Å². The number of hydrogen-bond donors (Lipinski definition) is 0. The Balaban J connectivity index is 2.58. The molecule has 0 unspecified atom stereocenters. The molecule has 102 valence electrons. The molecule has 0 amide bonds. The smallest absolute Gasteiger partial charge is 0.303 e. The van der Waals surface area contributed by atoms with Crippen LogP contribution >= 0.6 is 15.9 Å². The highest BCUT2D eigenvalue weighted by molar-refractivity contribution is 9.10. The topological polar surface area (TPSA) is 17.8 Å². The molecule has 2 aromatic rings. The van der Waals surface area contributed by atoms with E-state index in [4.69, 9.17) is 0 Å². The van der Waals surface area contributed by atoms with Gasteiger partial charge in [0.05, 0.1) is 11.3 Å². The van der Waals surface area contributed by atoms with Crippen LogP contribution in [0.15, 0.2) is 35.1 Å². The summed E-state index contributed by atoms with van der Waals surface area (Å²) in [5.41, 5.74) is -0.561. The SMILES string of the molecule is CCCc1nccn1-c1ccc(Br)cc1C(F)(F)F. The van der Waals surface area contributed by atoms with E-state index in [1.54, 1.807) is 12.3 Å². The number of benzene rings is 1. The van der Waals surface area contributed by atoms with Crippen molar-refractivity contribution in [2.75, 3.05) is 0 Å². The van der Waals surface area contributed by atoms with Crippen LogP contribution in [0.3, 0.4) is 0 Å². The lowest BCUT2D eigenvalue weighted by atomic mass is 10.1. The molecule has 1 aromatic carbocycles. The van der Waals surface area contributed by atoms with E-state index in [2.05, 4.69) is 20.9 Å². The first-order valence-electron chi connectivity index (χ1n) is 5.83. The number of aryl methyl sites for hydroxylation is 1. The molecule has 19 heavy (non-hydrogen) atoms. The lowest BCUT2D eigenvalue weighted by molar-refractivity contribution is -0.137. The zero-order chi connectivity index (χ0) is 14.0. The number of aromatic nitrogens is 2. The van der Waals surface area contributed by atoms with Gasteiger partial charge in [0.1, 0.15) is 5.82 Å². The van der Waals surface area contributed by atoms with Gasteiger partial charge in [-0.2, -0.15) is 13.2 Å². The summed E-state index contributed by atoms with van der Waals surface area (Å²) < 4.78 is 41.2. The van der Waals surface area contributed by atoms with Crippen molar-refractivity contribution in [3.05, 3.63) is 46.5 Å². The molecule has 0 aliphatic heterocycles. The highest BCUT2D eigenvalue weighted by Crippen LogP contribution is 2.36. The van der Waals surface area contributed by atoms with Gasteiger partial charge in [-0.3, -0.25) is 0 Å². The zero-order valence-corrected chi connectivity index (χ0v) is 11.8. The van der Waals surface area contributed by atoms with Gasteiger partial charge in [0.25, 0.3) is 0 Å². The molecule has 0 fully saturated rings. The second kappa shape index (κ2) is 5.36. The molecule has 0 atom stereocenters. The molecule has 0 N–H and O–H groups in total. The molecule has 0 bridgehead atoms. The summed E-state index contributed by atoms with van der Waals surface area (Å²) in [6, 6.07) is 4.14. The number of rotatable bonds is 3. The summed E-state index contributed by atoms with van der Waals surface area (Å²) in [7, 11) is 0. The number of nitrogens with zero attached hydrogens (tertiary/aromatic N) is 2. The first kappa shape index (κ1) is 14.1. The summed E-state index contributed by atoms with van der Waals surface area (Å²) in [6.07, 6.45) is 0.152. The van der Waals surface area contributed by atoms with E-state index in [9.17, 15) is 13.2 Å². The van der Waals surface area contributed by atoms with Crippen molar-refractivity contribution in [2.24, 2.45) is 0 Å². The molecule has 0 aliphatic rings. The molecule has 1 aromatic heterocycles. The van der Waals surface area contributed by atoms with Crippen molar-refractivity contribution < 1.29 is 13.2 Å². The first-order valence-corrected chi connectivity index (χ1v) is 6.62. The Morgan fingerprint density at radius 2 is 2.05 bits per heavy atom. The van der Waals surface area contributed by atoms with Crippen LogP contribution in [0.1, 0.15) is 24.7 Å². The molecule has 1 heterocycles. The molecule has 0 aliphatic carbocycles. The summed E-state index contributed by atoms with van der Waals surface area (Å²) in [5, 5.41) is 0. The van der Waals surface area contributed by atoms with E-state index in [1.807, 2.05) is 6.92 Å². The fourth-order valence-electron chi connectivity index (χ4n) is 1.91. The van der Waals surface area contributed by atoms with Gasteiger partial charge < -0.3 is 4.57 Å². The molecule has 0 spiro atoms. The number of hydrogen-bond acceptors (Lipinski definition) is 1. The molecular weight excluding hydrogens is 321 g/mol. The maximum Gasteiger partial charge on any atom is 0.418 e. The van der Waals surface area contributed by atoms with Gasteiger partial charge in [0, 0.05) is 23.3 Å². The number of alkyl halides is 3. The van der Waals surface area contributed by atoms with Crippen molar-refractivity contribution in [3.63, 3.8) is 0 Å². The van der Waals surface area contributed by atoms with Gasteiger partial charge in [-0.15, -0.1) is 0 Å². The Labute approximate surface area is 117 Å². The zero-order valence-electron chi connectivity index (χ0n) is 10.2. The Morgan fingerprint density at radius 3 is 2.68 bits per heavy atom. The second-order valence-electron chi connectivity index (χ2n) is 4.12. The third kappa shape index (κ3) is 3.00. The maximum atomic E-state index is 13.1. The molecule has 0 saturated carbocycles. The fraction of sp³-hybridized carbons (Fsp3) is 0.308. The van der Waals surface area contributed by atoms with E-state index in [0.29, 0.717) is 16.7 Å². The molecular formula is C13H12BrF3N2. The van der Waals surface area contributed by atoms with Gasteiger partial charge >= 0.3 is 6.18 Å². The Morgan fingerprint density at radius 1 is 1.32 bits per heavy atom. The standard InChI is InChI=1S/C13H12BrF3N2/c1-2-3-12-18-6-7-19(12)11-5-4-9(14)8-10(11)13(15,16)17/h4-8H,2-3H2,1H3. The van der Waals surface area contributed by atoms with Crippen LogP contribution in [0.2, 0.25) is 0 Å². The Bertz CT molecular complexity index is 576. The highest BCUT2D eigenvalue weighted by Gasteiger charge is 2.34. The lowest BCUT2D eigenvalue weighted by Crippen LogP contribution is -2.12. The molecule has 2 nitrogen and oxygen atoms in total. The van der Waals surface area contributed by atoms with E-state index in [1.165, 1.54) is 16.8 Å². The normalized spacial score (nSPS) is 11.8. The predicted octanol–water partition coefficient (Wildman–Crippen LogP) is 4.61. The van der Waals surface area contributed by atoms with Crippen LogP contribution in [0.25, 0.3) is 5.69 Å². The average Bonchev–Trinajstić information content (AvgIpc) is 2.76. The summed E-state index contributed by atoms with van der Waals surface area (Å²) in [6.45, 7) is 1.96. The van der Waals surface area contributed by atoms with Crippen molar-refractivity contribution in [2.45, 2.75) is 25.9 Å². The first-order chi connectivity index (χ1) is 8.93. The van der Waals surface area contributed by atoms with Gasteiger partial charge in [-0.25, -0.2) is 4.98 Å². The van der Waals surface area contributed by atoms with E-state index in [0.717, 1.165) is 12.5 Å². The number of halogens is 4. The minimum atomic E-state index is -4.40. The quantitative estimate of drug-likeness (QED) is 0.802. The van der Waals surface area contributed by atoms with E-state index in [-0.39, 0.29) is 5.69 Å². The summed E-state index contributed by atoms with van der Waals surface area (Å²) >= 11 is 3.08. The van der Waals surface area contributed by atoms with Crippen LogP contribution in [0.4, 0.5) is 13.2 Å². The van der Waals surface area contributed by atoms with Crippen LogP contribution in [-0.4, -0.2) is 9.55 Å². The van der Waals surface area contributed by atoms with Gasteiger partial charge in [-0.05, 0) is 24.6 Å². The van der Waals surface area contributed by atoms with Crippen molar-refractivity contribution in [1.82, 2.24) is 9.55 Å². The average molecular weight is 333 g/mol. The van der Waals surface area contributed by atoms with Crippen LogP contribution in [0, 0.1) is 0 Å². The third-order valence-corrected chi connectivity index (χ3v) is 3.21. The maximum absolute atomic E-state index is 13.1. The fourth-order valence-corrected chi connectivity index (χ4v) is 2.27. The van der Waals surface area contributed by atoms with Gasteiger partial charge in [-0.1, -0.05) is 22.9 Å².